The van der Waals surface area contributed by atoms with Crippen LogP contribution in [0.3, 0.4) is 0 Å². The fourth-order valence-electron chi connectivity index (χ4n) is 2.57. The zero-order valence-electron chi connectivity index (χ0n) is 14.1. The van der Waals surface area contributed by atoms with Crippen LogP contribution in [-0.2, 0) is 0 Å². The fraction of sp³-hybridized carbons (Fsp3) is 0.105. The molecule has 0 radical (unpaired) electrons. The third-order valence-electron chi connectivity index (χ3n) is 4.12. The van der Waals surface area contributed by atoms with Crippen molar-refractivity contribution in [2.24, 2.45) is 16.5 Å². The molecule has 1 amide bonds. The number of pyridine rings is 1. The van der Waals surface area contributed by atoms with Gasteiger partial charge < -0.3 is 16.5 Å². The van der Waals surface area contributed by atoms with E-state index in [1.165, 1.54) is 11.6 Å². The Hall–Kier alpha value is -3.41. The number of fused-ring (bicyclic) bond motifs is 1. The van der Waals surface area contributed by atoms with Crippen LogP contribution in [0.4, 0.5) is 0 Å². The fourth-order valence-corrected chi connectivity index (χ4v) is 2.57. The number of hydrogen-bond donors (Lipinski definition) is 3. The van der Waals surface area contributed by atoms with E-state index < -0.39 is 5.91 Å². The summed E-state index contributed by atoms with van der Waals surface area (Å²) in [4.78, 5) is 23.3. The lowest BCUT2D eigenvalue weighted by Gasteiger charge is -2.00. The van der Waals surface area contributed by atoms with Gasteiger partial charge in [0.05, 0.1) is 0 Å². The molecule has 126 valence electrons. The Kier molecular flexibility index (Phi) is 4.35. The van der Waals surface area contributed by atoms with E-state index in [4.69, 9.17) is 11.5 Å². The number of H-pyrrole nitrogens is 1. The number of benzene rings is 1. The molecule has 0 aliphatic rings. The topological polar surface area (TPSA) is 110 Å². The minimum atomic E-state index is -0.440. The van der Waals surface area contributed by atoms with Crippen LogP contribution >= 0.6 is 0 Å². The average molecular weight is 333 g/mol. The Balaban J connectivity index is 1.88. The van der Waals surface area contributed by atoms with Crippen LogP contribution in [0.15, 0.2) is 53.8 Å². The van der Waals surface area contributed by atoms with Gasteiger partial charge in [-0.15, -0.1) is 0 Å². The molecule has 0 aliphatic heterocycles. The van der Waals surface area contributed by atoms with Crippen molar-refractivity contribution >= 4 is 28.3 Å². The standard InChI is InChI=1S/C19H19N5O/c1-11-3-4-16-14(12(11)2)9-17(23-16)19(25)24-18(21)10-15(20)13-5-7-22-8-6-13/h3-10,23H,20H2,1-2H3,(H2,21,24,25)/b15-10-. The summed E-state index contributed by atoms with van der Waals surface area (Å²) in [6.45, 7) is 4.06. The summed E-state index contributed by atoms with van der Waals surface area (Å²) in [6, 6.07) is 9.27. The SMILES string of the molecule is Cc1ccc2[nH]c(C(=O)N=C(N)/C=C(\N)c3ccncc3)cc2c1C. The van der Waals surface area contributed by atoms with Gasteiger partial charge in [-0.2, -0.15) is 4.99 Å². The van der Waals surface area contributed by atoms with E-state index >= 15 is 0 Å². The van der Waals surface area contributed by atoms with Crippen molar-refractivity contribution in [1.29, 1.82) is 0 Å². The second kappa shape index (κ2) is 6.60. The molecule has 3 aromatic rings. The number of nitrogens with one attached hydrogen (secondary N) is 1. The molecule has 2 heterocycles. The predicted octanol–water partition coefficient (Wildman–Crippen LogP) is 2.68. The summed E-state index contributed by atoms with van der Waals surface area (Å²) in [6.07, 6.45) is 4.72. The molecule has 1 aromatic carbocycles. The molecule has 0 unspecified atom stereocenters. The van der Waals surface area contributed by atoms with Crippen LogP contribution in [-0.4, -0.2) is 21.7 Å². The molecule has 5 N–H and O–H groups in total. The predicted molar refractivity (Wildman–Crippen MR) is 100 cm³/mol. The second-order valence-corrected chi connectivity index (χ2v) is 5.83. The monoisotopic (exact) mass is 333 g/mol. The largest absolute Gasteiger partial charge is 0.398 e. The summed E-state index contributed by atoms with van der Waals surface area (Å²) in [5.74, 6) is -0.393. The van der Waals surface area contributed by atoms with Crippen molar-refractivity contribution in [3.05, 3.63) is 71.2 Å². The number of nitrogens with two attached hydrogens (primary N) is 2. The summed E-state index contributed by atoms with van der Waals surface area (Å²) >= 11 is 0. The first-order chi connectivity index (χ1) is 12.0. The van der Waals surface area contributed by atoms with Crippen molar-refractivity contribution in [3.8, 4) is 0 Å². The molecule has 0 saturated heterocycles. The molecule has 3 rings (SSSR count). The van der Waals surface area contributed by atoms with E-state index in [0.717, 1.165) is 22.0 Å². The highest BCUT2D eigenvalue weighted by Gasteiger charge is 2.11. The first-order valence-corrected chi connectivity index (χ1v) is 7.80. The number of aliphatic imine (C=N–C) groups is 1. The minimum absolute atomic E-state index is 0.0471. The molecule has 0 saturated carbocycles. The van der Waals surface area contributed by atoms with Gasteiger partial charge in [-0.25, -0.2) is 0 Å². The highest BCUT2D eigenvalue weighted by Crippen LogP contribution is 2.22. The number of aromatic nitrogens is 2. The maximum absolute atomic E-state index is 12.4. The third-order valence-corrected chi connectivity index (χ3v) is 4.12. The van der Waals surface area contributed by atoms with Gasteiger partial charge in [0, 0.05) is 40.6 Å². The quantitative estimate of drug-likeness (QED) is 0.505. The van der Waals surface area contributed by atoms with Crippen molar-refractivity contribution in [2.75, 3.05) is 0 Å². The van der Waals surface area contributed by atoms with Gasteiger partial charge in [-0.05, 0) is 49.2 Å². The van der Waals surface area contributed by atoms with E-state index in [1.807, 2.05) is 26.0 Å². The molecular formula is C19H19N5O. The van der Waals surface area contributed by atoms with Crippen LogP contribution in [0, 0.1) is 13.8 Å². The van der Waals surface area contributed by atoms with Gasteiger partial charge in [0.1, 0.15) is 11.5 Å². The van der Waals surface area contributed by atoms with E-state index in [2.05, 4.69) is 15.0 Å². The number of aromatic amines is 1. The number of aryl methyl sites for hydroxylation is 2. The Morgan fingerprint density at radius 2 is 1.88 bits per heavy atom. The maximum Gasteiger partial charge on any atom is 0.295 e. The number of carbonyl (C=O) groups excluding carboxylic acids is 1. The van der Waals surface area contributed by atoms with Crippen LogP contribution in [0.2, 0.25) is 0 Å². The van der Waals surface area contributed by atoms with Crippen LogP contribution in [0.25, 0.3) is 16.6 Å². The number of rotatable bonds is 3. The molecular weight excluding hydrogens is 314 g/mol. The normalized spacial score (nSPS) is 12.6. The van der Waals surface area contributed by atoms with Crippen molar-refractivity contribution in [3.63, 3.8) is 0 Å². The summed E-state index contributed by atoms with van der Waals surface area (Å²) < 4.78 is 0. The van der Waals surface area contributed by atoms with Crippen LogP contribution < -0.4 is 11.5 Å². The third kappa shape index (κ3) is 3.42. The van der Waals surface area contributed by atoms with Gasteiger partial charge in [0.25, 0.3) is 5.91 Å². The molecule has 0 spiro atoms. The number of amides is 1. The maximum atomic E-state index is 12.4. The second-order valence-electron chi connectivity index (χ2n) is 5.83. The molecule has 0 fully saturated rings. The molecule has 25 heavy (non-hydrogen) atoms. The van der Waals surface area contributed by atoms with E-state index in [9.17, 15) is 4.79 Å². The molecule has 2 aromatic heterocycles. The van der Waals surface area contributed by atoms with Crippen LogP contribution in [0.1, 0.15) is 27.2 Å². The smallest absolute Gasteiger partial charge is 0.295 e. The molecule has 6 nitrogen and oxygen atoms in total. The van der Waals surface area contributed by atoms with Crippen molar-refractivity contribution in [1.82, 2.24) is 9.97 Å². The first-order valence-electron chi connectivity index (χ1n) is 7.80. The lowest BCUT2D eigenvalue weighted by Crippen LogP contribution is -2.14. The number of carbonyl (C=O) groups is 1. The number of amidine groups is 1. The minimum Gasteiger partial charge on any atom is -0.398 e. The van der Waals surface area contributed by atoms with Crippen molar-refractivity contribution in [2.45, 2.75) is 13.8 Å². The van der Waals surface area contributed by atoms with Gasteiger partial charge in [0.2, 0.25) is 0 Å². The molecule has 0 atom stereocenters. The average Bonchev–Trinajstić information content (AvgIpc) is 3.04. The van der Waals surface area contributed by atoms with E-state index in [0.29, 0.717) is 11.4 Å². The van der Waals surface area contributed by atoms with Gasteiger partial charge in [-0.3, -0.25) is 9.78 Å². The Morgan fingerprint density at radius 1 is 1.16 bits per heavy atom. The Bertz CT molecular complexity index is 999. The molecule has 0 bridgehead atoms. The van der Waals surface area contributed by atoms with Crippen LogP contribution in [0.5, 0.6) is 0 Å². The first kappa shape index (κ1) is 16.4. The van der Waals surface area contributed by atoms with Gasteiger partial charge in [0.15, 0.2) is 0 Å². The van der Waals surface area contributed by atoms with Gasteiger partial charge >= 0.3 is 0 Å². The summed E-state index contributed by atoms with van der Waals surface area (Å²) in [5, 5.41) is 1.00. The Morgan fingerprint density at radius 3 is 2.60 bits per heavy atom. The summed E-state index contributed by atoms with van der Waals surface area (Å²) in [5.41, 5.74) is 16.6. The highest BCUT2D eigenvalue weighted by atomic mass is 16.1. The van der Waals surface area contributed by atoms with E-state index in [1.54, 1.807) is 30.6 Å². The highest BCUT2D eigenvalue weighted by molar-refractivity contribution is 6.09. The van der Waals surface area contributed by atoms with Crippen molar-refractivity contribution < 1.29 is 4.79 Å². The molecule has 6 heteroatoms. The summed E-state index contributed by atoms with van der Waals surface area (Å²) in [7, 11) is 0. The van der Waals surface area contributed by atoms with E-state index in [-0.39, 0.29) is 5.84 Å². The zero-order chi connectivity index (χ0) is 18.0. The lowest BCUT2D eigenvalue weighted by atomic mass is 10.1. The lowest BCUT2D eigenvalue weighted by molar-refractivity contribution is 0.0999. The zero-order valence-corrected chi connectivity index (χ0v) is 14.1. The Labute approximate surface area is 145 Å². The van der Waals surface area contributed by atoms with Gasteiger partial charge in [-0.1, -0.05) is 6.07 Å². The molecule has 0 aliphatic carbocycles. The number of nitrogens with zero attached hydrogens (tertiary/aromatic N) is 2. The number of hydrogen-bond acceptors (Lipinski definition) is 3.